The van der Waals surface area contributed by atoms with Crippen LogP contribution in [0.1, 0.15) is 33.6 Å². The van der Waals surface area contributed by atoms with Gasteiger partial charge in [-0.15, -0.1) is 11.3 Å². The van der Waals surface area contributed by atoms with Crippen LogP contribution in [-0.2, 0) is 17.7 Å². The van der Waals surface area contributed by atoms with E-state index in [1.165, 1.54) is 4.88 Å². The Morgan fingerprint density at radius 2 is 2.20 bits per heavy atom. The van der Waals surface area contributed by atoms with Gasteiger partial charge in [0, 0.05) is 44.3 Å². The number of nitrogens with one attached hydrogen (secondary N) is 1. The fourth-order valence-electron chi connectivity index (χ4n) is 3.22. The minimum absolute atomic E-state index is 0.314. The molecule has 1 aromatic rings. The summed E-state index contributed by atoms with van der Waals surface area (Å²) in [6, 6.07) is 0.620. The maximum Gasteiger partial charge on any atom is 0.251 e. The number of anilines is 1. The van der Waals surface area contributed by atoms with Gasteiger partial charge in [-0.1, -0.05) is 0 Å². The van der Waals surface area contributed by atoms with E-state index in [9.17, 15) is 4.79 Å². The van der Waals surface area contributed by atoms with Crippen molar-refractivity contribution in [1.82, 2.24) is 4.90 Å². The second kappa shape index (κ2) is 5.71. The van der Waals surface area contributed by atoms with Gasteiger partial charge in [0.15, 0.2) is 0 Å². The van der Waals surface area contributed by atoms with Crippen molar-refractivity contribution in [2.75, 3.05) is 32.1 Å². The molecule has 1 fully saturated rings. The Balaban J connectivity index is 1.82. The first-order valence-electron chi connectivity index (χ1n) is 7.14. The molecule has 1 aromatic heterocycles. The van der Waals surface area contributed by atoms with Gasteiger partial charge in [0.05, 0.1) is 5.56 Å². The molecule has 0 aliphatic carbocycles. The number of nitrogens with zero attached hydrogens (tertiary/aromatic N) is 1. The minimum Gasteiger partial charge on any atom is -0.381 e. The number of primary amides is 1. The third kappa shape index (κ3) is 2.43. The molecule has 0 atom stereocenters. The summed E-state index contributed by atoms with van der Waals surface area (Å²) in [5, 5.41) is 4.02. The lowest BCUT2D eigenvalue weighted by Gasteiger charge is -2.36. The van der Waals surface area contributed by atoms with Gasteiger partial charge in [-0.2, -0.15) is 0 Å². The van der Waals surface area contributed by atoms with Crippen LogP contribution >= 0.6 is 11.3 Å². The van der Waals surface area contributed by atoms with E-state index < -0.39 is 0 Å². The number of carbonyl (C=O) groups excluding carboxylic acids is 1. The lowest BCUT2D eigenvalue weighted by Crippen LogP contribution is -2.42. The molecule has 20 heavy (non-hydrogen) atoms. The molecule has 3 N–H and O–H groups in total. The highest BCUT2D eigenvalue weighted by atomic mass is 32.1. The average Bonchev–Trinajstić information content (AvgIpc) is 2.85. The molecular formula is C14H21N3O2S. The van der Waals surface area contributed by atoms with Crippen LogP contribution in [0.2, 0.25) is 0 Å². The Labute approximate surface area is 123 Å². The van der Waals surface area contributed by atoms with E-state index in [0.29, 0.717) is 11.6 Å². The van der Waals surface area contributed by atoms with Crippen LogP contribution in [0, 0.1) is 0 Å². The summed E-state index contributed by atoms with van der Waals surface area (Å²) >= 11 is 1.67. The van der Waals surface area contributed by atoms with Gasteiger partial charge in [0.1, 0.15) is 5.00 Å². The van der Waals surface area contributed by atoms with E-state index in [4.69, 9.17) is 10.5 Å². The molecule has 0 spiro atoms. The first-order chi connectivity index (χ1) is 9.70. The van der Waals surface area contributed by atoms with Crippen molar-refractivity contribution >= 4 is 22.2 Å². The first-order valence-corrected chi connectivity index (χ1v) is 7.96. The Morgan fingerprint density at radius 1 is 1.45 bits per heavy atom. The number of rotatable bonds is 3. The summed E-state index contributed by atoms with van der Waals surface area (Å²) in [5.74, 6) is -0.314. The SMILES string of the molecule is CNc1sc2c(c1C(N)=O)CCN(C1CCOCC1)C2. The number of ether oxygens (including phenoxy) is 1. The van der Waals surface area contributed by atoms with Crippen LogP contribution in [0.3, 0.4) is 0 Å². The largest absolute Gasteiger partial charge is 0.381 e. The lowest BCUT2D eigenvalue weighted by atomic mass is 9.99. The van der Waals surface area contributed by atoms with E-state index in [0.717, 1.165) is 56.1 Å². The predicted octanol–water partition coefficient (Wildman–Crippen LogP) is 1.43. The number of nitrogens with two attached hydrogens (primary N) is 1. The third-order valence-corrected chi connectivity index (χ3v) is 5.50. The van der Waals surface area contributed by atoms with Gasteiger partial charge in [0.25, 0.3) is 5.91 Å². The van der Waals surface area contributed by atoms with Crippen LogP contribution in [0.25, 0.3) is 0 Å². The van der Waals surface area contributed by atoms with Gasteiger partial charge in [0.2, 0.25) is 0 Å². The van der Waals surface area contributed by atoms with Crippen LogP contribution < -0.4 is 11.1 Å². The second-order valence-corrected chi connectivity index (χ2v) is 6.49. The molecule has 0 bridgehead atoms. The maximum absolute atomic E-state index is 11.7. The quantitative estimate of drug-likeness (QED) is 0.885. The highest BCUT2D eigenvalue weighted by Gasteiger charge is 2.30. The normalized spacial score (nSPS) is 20.6. The van der Waals surface area contributed by atoms with Gasteiger partial charge >= 0.3 is 0 Å². The molecular weight excluding hydrogens is 274 g/mol. The zero-order chi connectivity index (χ0) is 14.1. The van der Waals surface area contributed by atoms with Crippen LogP contribution in [-0.4, -0.2) is 43.7 Å². The minimum atomic E-state index is -0.314. The molecule has 0 unspecified atom stereocenters. The molecule has 3 rings (SSSR count). The zero-order valence-electron chi connectivity index (χ0n) is 11.8. The molecule has 6 heteroatoms. The van der Waals surface area contributed by atoms with Crippen molar-refractivity contribution in [2.24, 2.45) is 5.73 Å². The van der Waals surface area contributed by atoms with Crippen molar-refractivity contribution in [3.63, 3.8) is 0 Å². The number of hydrogen-bond donors (Lipinski definition) is 2. The van der Waals surface area contributed by atoms with Crippen molar-refractivity contribution in [3.05, 3.63) is 16.0 Å². The molecule has 3 heterocycles. The van der Waals surface area contributed by atoms with E-state index in [1.54, 1.807) is 11.3 Å². The summed E-state index contributed by atoms with van der Waals surface area (Å²) in [6.45, 7) is 3.68. The van der Waals surface area contributed by atoms with Crippen molar-refractivity contribution in [1.29, 1.82) is 0 Å². The summed E-state index contributed by atoms with van der Waals surface area (Å²) in [7, 11) is 1.85. The molecule has 0 radical (unpaired) electrons. The van der Waals surface area contributed by atoms with Crippen LogP contribution in [0.5, 0.6) is 0 Å². The lowest BCUT2D eigenvalue weighted by molar-refractivity contribution is 0.0295. The topological polar surface area (TPSA) is 67.6 Å². The monoisotopic (exact) mass is 295 g/mol. The first kappa shape index (κ1) is 13.9. The van der Waals surface area contributed by atoms with Crippen molar-refractivity contribution in [2.45, 2.75) is 31.8 Å². The number of thiophene rings is 1. The molecule has 0 aromatic carbocycles. The third-order valence-electron chi connectivity index (χ3n) is 4.27. The highest BCUT2D eigenvalue weighted by molar-refractivity contribution is 7.16. The molecule has 110 valence electrons. The van der Waals surface area contributed by atoms with E-state index >= 15 is 0 Å². The molecule has 2 aliphatic heterocycles. The Morgan fingerprint density at radius 3 is 2.85 bits per heavy atom. The van der Waals surface area contributed by atoms with Crippen molar-refractivity contribution in [3.8, 4) is 0 Å². The number of carbonyl (C=O) groups is 1. The maximum atomic E-state index is 11.7. The van der Waals surface area contributed by atoms with E-state index in [-0.39, 0.29) is 5.91 Å². The fraction of sp³-hybridized carbons (Fsp3) is 0.643. The van der Waals surface area contributed by atoms with E-state index in [2.05, 4.69) is 10.2 Å². The standard InChI is InChI=1S/C14H21N3O2S/c1-16-14-12(13(15)18)10-2-5-17(8-11(10)20-14)9-3-6-19-7-4-9/h9,16H,2-8H2,1H3,(H2,15,18). The van der Waals surface area contributed by atoms with Crippen molar-refractivity contribution < 1.29 is 9.53 Å². The molecule has 1 amide bonds. The summed E-state index contributed by atoms with van der Waals surface area (Å²) in [6.07, 6.45) is 3.15. The van der Waals surface area contributed by atoms with Crippen LogP contribution in [0.15, 0.2) is 0 Å². The fourth-order valence-corrected chi connectivity index (χ4v) is 4.45. The predicted molar refractivity (Wildman–Crippen MR) is 80.3 cm³/mol. The number of amides is 1. The number of hydrogen-bond acceptors (Lipinski definition) is 5. The smallest absolute Gasteiger partial charge is 0.251 e. The summed E-state index contributed by atoms with van der Waals surface area (Å²) < 4.78 is 5.44. The van der Waals surface area contributed by atoms with Gasteiger partial charge in [-0.05, 0) is 24.8 Å². The zero-order valence-corrected chi connectivity index (χ0v) is 12.6. The average molecular weight is 295 g/mol. The summed E-state index contributed by atoms with van der Waals surface area (Å²) in [5.41, 5.74) is 7.40. The van der Waals surface area contributed by atoms with Gasteiger partial charge in [-0.25, -0.2) is 0 Å². The summed E-state index contributed by atoms with van der Waals surface area (Å²) in [4.78, 5) is 15.5. The molecule has 2 aliphatic rings. The van der Waals surface area contributed by atoms with Crippen LogP contribution in [0.4, 0.5) is 5.00 Å². The molecule has 0 saturated carbocycles. The number of fused-ring (bicyclic) bond motifs is 1. The molecule has 5 nitrogen and oxygen atoms in total. The Bertz CT molecular complexity index is 509. The Hall–Kier alpha value is -1.11. The van der Waals surface area contributed by atoms with E-state index in [1.807, 2.05) is 7.05 Å². The van der Waals surface area contributed by atoms with Gasteiger partial charge in [-0.3, -0.25) is 9.69 Å². The Kier molecular flexibility index (Phi) is 3.96. The second-order valence-electron chi connectivity index (χ2n) is 5.39. The highest BCUT2D eigenvalue weighted by Crippen LogP contribution is 2.37. The van der Waals surface area contributed by atoms with Gasteiger partial charge < -0.3 is 15.8 Å². The molecule has 1 saturated heterocycles.